The van der Waals surface area contributed by atoms with Gasteiger partial charge in [0.25, 0.3) is 0 Å². The Morgan fingerprint density at radius 2 is 1.08 bits per heavy atom. The summed E-state index contributed by atoms with van der Waals surface area (Å²) < 4.78 is 0. The van der Waals surface area contributed by atoms with E-state index in [0.29, 0.717) is 5.56 Å². The Balaban J connectivity index is 0.00000225. The van der Waals surface area contributed by atoms with Gasteiger partial charge in [0, 0.05) is 5.56 Å². The van der Waals surface area contributed by atoms with E-state index in [-0.39, 0.29) is 29.1 Å². The van der Waals surface area contributed by atoms with Crippen LogP contribution in [-0.4, -0.2) is 22.2 Å². The molecule has 3 rings (SSSR count). The first-order valence-corrected chi connectivity index (χ1v) is 7.34. The highest BCUT2D eigenvalue weighted by atomic mass is 35.5. The van der Waals surface area contributed by atoms with Gasteiger partial charge >= 0.3 is 11.9 Å². The van der Waals surface area contributed by atoms with Gasteiger partial charge in [0.05, 0.1) is 11.1 Å². The van der Waals surface area contributed by atoms with Crippen LogP contribution in [0.5, 0.6) is 0 Å². The predicted octanol–water partition coefficient (Wildman–Crippen LogP) is 4.84. The van der Waals surface area contributed by atoms with Crippen LogP contribution in [0.15, 0.2) is 72.8 Å². The van der Waals surface area contributed by atoms with Crippen LogP contribution in [0.4, 0.5) is 0 Å². The third kappa shape index (κ3) is 3.54. The Bertz CT molecular complexity index is 888. The third-order valence-electron chi connectivity index (χ3n) is 3.81. The Kier molecular flexibility index (Phi) is 5.57. The number of benzene rings is 3. The minimum atomic E-state index is -1.16. The van der Waals surface area contributed by atoms with Gasteiger partial charge < -0.3 is 10.2 Å². The molecule has 0 aliphatic heterocycles. The van der Waals surface area contributed by atoms with Crippen LogP contribution in [0, 0.1) is 0 Å². The molecule has 0 aromatic heterocycles. The van der Waals surface area contributed by atoms with Crippen molar-refractivity contribution in [1.29, 1.82) is 0 Å². The summed E-state index contributed by atoms with van der Waals surface area (Å²) in [6.45, 7) is 0. The number of carbonyl (C=O) groups is 2. The molecular formula is C20H15ClO4. The zero-order valence-electron chi connectivity index (χ0n) is 13.0. The first-order chi connectivity index (χ1) is 11.6. The molecule has 0 spiro atoms. The standard InChI is InChI=1S/C20H14O4.ClH/c21-19(22)16-11-6-12-17(20(23)24)18(16)15-10-5-4-9-14(15)13-7-2-1-3-8-13;/h1-12H,(H,21,22)(H,23,24);1H. The molecule has 0 amide bonds. The van der Waals surface area contributed by atoms with Gasteiger partial charge in [-0.15, -0.1) is 12.4 Å². The second kappa shape index (κ2) is 7.64. The highest BCUT2D eigenvalue weighted by Gasteiger charge is 2.21. The molecule has 0 saturated carbocycles. The van der Waals surface area contributed by atoms with Crippen molar-refractivity contribution in [2.45, 2.75) is 0 Å². The molecule has 0 bridgehead atoms. The van der Waals surface area contributed by atoms with E-state index in [0.717, 1.165) is 11.1 Å². The third-order valence-corrected chi connectivity index (χ3v) is 3.81. The SMILES string of the molecule is Cl.O=C(O)c1cccc(C(=O)O)c1-c1ccccc1-c1ccccc1. The van der Waals surface area contributed by atoms with Gasteiger partial charge in [-0.2, -0.15) is 0 Å². The summed E-state index contributed by atoms with van der Waals surface area (Å²) in [7, 11) is 0. The number of halogens is 1. The van der Waals surface area contributed by atoms with Gasteiger partial charge in [0.1, 0.15) is 0 Å². The molecule has 0 aliphatic rings. The molecule has 0 unspecified atom stereocenters. The smallest absolute Gasteiger partial charge is 0.336 e. The average molecular weight is 355 g/mol. The maximum atomic E-state index is 11.6. The summed E-state index contributed by atoms with van der Waals surface area (Å²) in [5.74, 6) is -2.31. The summed E-state index contributed by atoms with van der Waals surface area (Å²) in [4.78, 5) is 23.2. The fourth-order valence-electron chi connectivity index (χ4n) is 2.77. The maximum absolute atomic E-state index is 11.6. The predicted molar refractivity (Wildman–Crippen MR) is 98.5 cm³/mol. The molecule has 0 radical (unpaired) electrons. The molecule has 2 N–H and O–H groups in total. The fraction of sp³-hybridized carbons (Fsp3) is 0. The van der Waals surface area contributed by atoms with Gasteiger partial charge in [0.15, 0.2) is 0 Å². The molecular weight excluding hydrogens is 340 g/mol. The first-order valence-electron chi connectivity index (χ1n) is 7.34. The Morgan fingerprint density at radius 1 is 0.600 bits per heavy atom. The topological polar surface area (TPSA) is 74.6 Å². The minimum absolute atomic E-state index is 0. The van der Waals surface area contributed by atoms with E-state index >= 15 is 0 Å². The monoisotopic (exact) mass is 354 g/mol. The summed E-state index contributed by atoms with van der Waals surface area (Å²) in [5, 5.41) is 19.0. The summed E-state index contributed by atoms with van der Waals surface area (Å²) >= 11 is 0. The molecule has 126 valence electrons. The van der Waals surface area contributed by atoms with Crippen LogP contribution in [0.1, 0.15) is 20.7 Å². The average Bonchev–Trinajstić information content (AvgIpc) is 2.61. The Hall–Kier alpha value is -3.11. The highest BCUT2D eigenvalue weighted by Crippen LogP contribution is 2.36. The molecule has 0 saturated heterocycles. The van der Waals surface area contributed by atoms with Gasteiger partial charge in [0.2, 0.25) is 0 Å². The quantitative estimate of drug-likeness (QED) is 0.703. The van der Waals surface area contributed by atoms with E-state index < -0.39 is 11.9 Å². The van der Waals surface area contributed by atoms with Crippen LogP contribution in [0.2, 0.25) is 0 Å². The lowest BCUT2D eigenvalue weighted by molar-refractivity contribution is 0.0696. The number of aromatic carboxylic acids is 2. The van der Waals surface area contributed by atoms with Crippen molar-refractivity contribution in [2.75, 3.05) is 0 Å². The molecule has 3 aromatic carbocycles. The second-order valence-corrected chi connectivity index (χ2v) is 5.25. The normalized spacial score (nSPS) is 9.92. The number of carboxylic acid groups (broad SMARTS) is 2. The largest absolute Gasteiger partial charge is 0.478 e. The van der Waals surface area contributed by atoms with E-state index in [4.69, 9.17) is 0 Å². The van der Waals surface area contributed by atoms with E-state index in [1.807, 2.05) is 42.5 Å². The van der Waals surface area contributed by atoms with E-state index in [9.17, 15) is 19.8 Å². The zero-order valence-corrected chi connectivity index (χ0v) is 13.9. The fourth-order valence-corrected chi connectivity index (χ4v) is 2.77. The Morgan fingerprint density at radius 3 is 1.60 bits per heavy atom. The van der Waals surface area contributed by atoms with Gasteiger partial charge in [-0.1, -0.05) is 60.7 Å². The van der Waals surface area contributed by atoms with Crippen LogP contribution in [0.25, 0.3) is 22.3 Å². The van der Waals surface area contributed by atoms with Crippen molar-refractivity contribution in [2.24, 2.45) is 0 Å². The van der Waals surface area contributed by atoms with E-state index in [1.54, 1.807) is 12.1 Å². The number of rotatable bonds is 4. The van der Waals surface area contributed by atoms with Crippen molar-refractivity contribution < 1.29 is 19.8 Å². The zero-order chi connectivity index (χ0) is 17.1. The van der Waals surface area contributed by atoms with Crippen LogP contribution < -0.4 is 0 Å². The van der Waals surface area contributed by atoms with E-state index in [1.165, 1.54) is 18.2 Å². The number of carboxylic acids is 2. The molecule has 0 heterocycles. The number of hydrogen-bond donors (Lipinski definition) is 2. The summed E-state index contributed by atoms with van der Waals surface area (Å²) in [6.07, 6.45) is 0. The molecule has 0 fully saturated rings. The Labute approximate surface area is 150 Å². The molecule has 3 aromatic rings. The molecule has 5 heteroatoms. The molecule has 4 nitrogen and oxygen atoms in total. The first kappa shape index (κ1) is 18.2. The van der Waals surface area contributed by atoms with Crippen molar-refractivity contribution >= 4 is 24.3 Å². The van der Waals surface area contributed by atoms with Gasteiger partial charge in [-0.05, 0) is 28.8 Å². The summed E-state index contributed by atoms with van der Waals surface area (Å²) in [6, 6.07) is 21.0. The molecule has 0 aliphatic carbocycles. The van der Waals surface area contributed by atoms with Crippen molar-refractivity contribution in [3.63, 3.8) is 0 Å². The van der Waals surface area contributed by atoms with Crippen LogP contribution in [0.3, 0.4) is 0 Å². The van der Waals surface area contributed by atoms with Crippen molar-refractivity contribution in [1.82, 2.24) is 0 Å². The lowest BCUT2D eigenvalue weighted by Gasteiger charge is -2.15. The van der Waals surface area contributed by atoms with Crippen molar-refractivity contribution in [3.05, 3.63) is 83.9 Å². The second-order valence-electron chi connectivity index (χ2n) is 5.25. The van der Waals surface area contributed by atoms with E-state index in [2.05, 4.69) is 0 Å². The van der Waals surface area contributed by atoms with Gasteiger partial charge in [-0.25, -0.2) is 9.59 Å². The molecule has 25 heavy (non-hydrogen) atoms. The lowest BCUT2D eigenvalue weighted by Crippen LogP contribution is -2.07. The minimum Gasteiger partial charge on any atom is -0.478 e. The molecule has 0 atom stereocenters. The van der Waals surface area contributed by atoms with Crippen LogP contribution in [-0.2, 0) is 0 Å². The highest BCUT2D eigenvalue weighted by molar-refractivity contribution is 6.07. The maximum Gasteiger partial charge on any atom is 0.336 e. The lowest BCUT2D eigenvalue weighted by atomic mass is 9.88. The van der Waals surface area contributed by atoms with Crippen molar-refractivity contribution in [3.8, 4) is 22.3 Å². The van der Waals surface area contributed by atoms with Gasteiger partial charge in [-0.3, -0.25) is 0 Å². The van der Waals surface area contributed by atoms with Crippen LogP contribution >= 0.6 is 12.4 Å². The summed E-state index contributed by atoms with van der Waals surface area (Å²) in [5.41, 5.74) is 2.42. The number of hydrogen-bond acceptors (Lipinski definition) is 2.